The van der Waals surface area contributed by atoms with Crippen molar-refractivity contribution in [2.24, 2.45) is 0 Å². The van der Waals surface area contributed by atoms with E-state index in [0.717, 1.165) is 11.4 Å². The fraction of sp³-hybridized carbons (Fsp3) is 0.375. The van der Waals surface area contributed by atoms with E-state index in [2.05, 4.69) is 10.1 Å². The first-order chi connectivity index (χ1) is 11.3. The molecule has 1 amide bonds. The van der Waals surface area contributed by atoms with Gasteiger partial charge in [-0.15, -0.1) is 0 Å². The van der Waals surface area contributed by atoms with Gasteiger partial charge in [0.05, 0.1) is 10.7 Å². The fourth-order valence-electron chi connectivity index (χ4n) is 2.40. The Hall–Kier alpha value is -2.41. The van der Waals surface area contributed by atoms with E-state index >= 15 is 0 Å². The Balaban J connectivity index is 2.42. The van der Waals surface area contributed by atoms with E-state index in [9.17, 15) is 9.59 Å². The van der Waals surface area contributed by atoms with Crippen molar-refractivity contribution in [3.05, 3.63) is 40.3 Å². The minimum absolute atomic E-state index is 0.0245. The maximum absolute atomic E-state index is 12.7. The number of aromatic nitrogens is 3. The summed E-state index contributed by atoms with van der Waals surface area (Å²) >= 11 is 6.12. The number of aryl methyl sites for hydroxylation is 2. The summed E-state index contributed by atoms with van der Waals surface area (Å²) in [6, 6.07) is 5.13. The van der Waals surface area contributed by atoms with Crippen LogP contribution in [0.5, 0.6) is 0 Å². The number of halogens is 1. The number of nitrogens with zero attached hydrogens (tertiary/aromatic N) is 4. The molecule has 2 aromatic heterocycles. The van der Waals surface area contributed by atoms with Gasteiger partial charge in [-0.1, -0.05) is 18.5 Å². The number of hydrogen-bond acceptors (Lipinski definition) is 4. The molecule has 2 heterocycles. The van der Waals surface area contributed by atoms with Crippen LogP contribution in [0.4, 0.5) is 0 Å². The largest absolute Gasteiger partial charge is 0.480 e. The molecule has 1 N–H and O–H groups in total. The van der Waals surface area contributed by atoms with Gasteiger partial charge in [-0.25, -0.2) is 9.67 Å². The zero-order valence-corrected chi connectivity index (χ0v) is 14.5. The molecule has 24 heavy (non-hydrogen) atoms. The molecule has 0 bridgehead atoms. The summed E-state index contributed by atoms with van der Waals surface area (Å²) in [7, 11) is 0. The van der Waals surface area contributed by atoms with Gasteiger partial charge < -0.3 is 10.0 Å². The van der Waals surface area contributed by atoms with Gasteiger partial charge in [-0.3, -0.25) is 9.59 Å². The minimum atomic E-state index is -1.08. The highest BCUT2D eigenvalue weighted by atomic mass is 35.5. The fourth-order valence-corrected chi connectivity index (χ4v) is 2.58. The molecule has 2 rings (SSSR count). The monoisotopic (exact) mass is 350 g/mol. The molecule has 128 valence electrons. The second-order valence-corrected chi connectivity index (χ2v) is 5.87. The standard InChI is InChI=1S/C16H19ClN4O3/c1-4-7-20(9-14(22)23)16(24)15-12(17)5-6-13(18-15)21-11(3)8-10(2)19-21/h5-6,8H,4,7,9H2,1-3H3,(H,22,23). The van der Waals surface area contributed by atoms with E-state index in [1.165, 1.54) is 4.90 Å². The molecule has 0 unspecified atom stereocenters. The van der Waals surface area contributed by atoms with Gasteiger partial charge >= 0.3 is 5.97 Å². The predicted octanol–water partition coefficient (Wildman–Crippen LogP) is 2.47. The number of carboxylic acid groups (broad SMARTS) is 1. The Kier molecular flexibility index (Phi) is 5.56. The summed E-state index contributed by atoms with van der Waals surface area (Å²) in [5.74, 6) is -1.13. The molecule has 0 aliphatic heterocycles. The number of amides is 1. The SMILES string of the molecule is CCCN(CC(=O)O)C(=O)c1nc(-n2nc(C)cc2C)ccc1Cl. The maximum atomic E-state index is 12.7. The van der Waals surface area contributed by atoms with Gasteiger partial charge in [0.15, 0.2) is 5.82 Å². The van der Waals surface area contributed by atoms with Crippen molar-refractivity contribution in [2.75, 3.05) is 13.1 Å². The van der Waals surface area contributed by atoms with Crippen LogP contribution in [0.25, 0.3) is 5.82 Å². The van der Waals surface area contributed by atoms with Crippen molar-refractivity contribution in [3.8, 4) is 5.82 Å². The van der Waals surface area contributed by atoms with E-state index in [4.69, 9.17) is 16.7 Å². The van der Waals surface area contributed by atoms with E-state index in [0.29, 0.717) is 18.8 Å². The number of carbonyl (C=O) groups excluding carboxylic acids is 1. The Morgan fingerprint density at radius 3 is 2.58 bits per heavy atom. The molecule has 7 nitrogen and oxygen atoms in total. The van der Waals surface area contributed by atoms with Gasteiger partial charge in [0.1, 0.15) is 12.2 Å². The molecule has 0 fully saturated rings. The van der Waals surface area contributed by atoms with Crippen LogP contribution in [0, 0.1) is 13.8 Å². The average molecular weight is 351 g/mol. The molecule has 8 heteroatoms. The number of pyridine rings is 1. The zero-order valence-electron chi connectivity index (χ0n) is 13.8. The van der Waals surface area contributed by atoms with Gasteiger partial charge in [0.2, 0.25) is 0 Å². The number of aliphatic carboxylic acids is 1. The van der Waals surface area contributed by atoms with Crippen LogP contribution in [-0.2, 0) is 4.79 Å². The van der Waals surface area contributed by atoms with Crippen LogP contribution >= 0.6 is 11.6 Å². The van der Waals surface area contributed by atoms with Crippen LogP contribution in [0.15, 0.2) is 18.2 Å². The number of carboxylic acids is 1. The summed E-state index contributed by atoms with van der Waals surface area (Å²) in [6.45, 7) is 5.53. The number of rotatable bonds is 6. The summed E-state index contributed by atoms with van der Waals surface area (Å²) in [6.07, 6.45) is 0.633. The molecule has 0 aliphatic rings. The third-order valence-electron chi connectivity index (χ3n) is 3.37. The lowest BCUT2D eigenvalue weighted by molar-refractivity contribution is -0.137. The Labute approximate surface area is 144 Å². The lowest BCUT2D eigenvalue weighted by Gasteiger charge is -2.20. The number of carbonyl (C=O) groups is 2. The second-order valence-electron chi connectivity index (χ2n) is 5.46. The van der Waals surface area contributed by atoms with Crippen LogP contribution in [0.1, 0.15) is 35.2 Å². The summed E-state index contributed by atoms with van der Waals surface area (Å²) < 4.78 is 1.61. The molecule has 0 spiro atoms. The van der Waals surface area contributed by atoms with Crippen molar-refractivity contribution >= 4 is 23.5 Å². The van der Waals surface area contributed by atoms with Gasteiger partial charge in [0, 0.05) is 12.2 Å². The highest BCUT2D eigenvalue weighted by Crippen LogP contribution is 2.19. The molecule has 2 aromatic rings. The first kappa shape index (κ1) is 17.9. The summed E-state index contributed by atoms with van der Waals surface area (Å²) in [5, 5.41) is 13.5. The van der Waals surface area contributed by atoms with E-state index < -0.39 is 18.4 Å². The first-order valence-corrected chi connectivity index (χ1v) is 7.92. The van der Waals surface area contributed by atoms with Crippen molar-refractivity contribution in [2.45, 2.75) is 27.2 Å². The van der Waals surface area contributed by atoms with Crippen LogP contribution in [0.3, 0.4) is 0 Å². The van der Waals surface area contributed by atoms with Gasteiger partial charge in [0.25, 0.3) is 5.91 Å². The van der Waals surface area contributed by atoms with Crippen molar-refractivity contribution in [3.63, 3.8) is 0 Å². The minimum Gasteiger partial charge on any atom is -0.480 e. The molecule has 0 saturated carbocycles. The molecule has 0 saturated heterocycles. The maximum Gasteiger partial charge on any atom is 0.323 e. The van der Waals surface area contributed by atoms with Crippen molar-refractivity contribution < 1.29 is 14.7 Å². The summed E-state index contributed by atoms with van der Waals surface area (Å²) in [4.78, 5) is 29.2. The first-order valence-electron chi connectivity index (χ1n) is 7.54. The highest BCUT2D eigenvalue weighted by Gasteiger charge is 2.22. The van der Waals surface area contributed by atoms with Crippen molar-refractivity contribution in [1.82, 2.24) is 19.7 Å². The van der Waals surface area contributed by atoms with Crippen molar-refractivity contribution in [1.29, 1.82) is 0 Å². The van der Waals surface area contributed by atoms with E-state index in [-0.39, 0.29) is 10.7 Å². The second kappa shape index (κ2) is 7.44. The normalized spacial score (nSPS) is 10.7. The van der Waals surface area contributed by atoms with Gasteiger partial charge in [-0.05, 0) is 38.5 Å². The molecule has 0 radical (unpaired) electrons. The predicted molar refractivity (Wildman–Crippen MR) is 89.7 cm³/mol. The third-order valence-corrected chi connectivity index (χ3v) is 3.67. The van der Waals surface area contributed by atoms with Crippen LogP contribution in [0.2, 0.25) is 5.02 Å². The van der Waals surface area contributed by atoms with Gasteiger partial charge in [-0.2, -0.15) is 5.10 Å². The quantitative estimate of drug-likeness (QED) is 0.864. The number of hydrogen-bond donors (Lipinski definition) is 1. The molecule has 0 atom stereocenters. The molecular formula is C16H19ClN4O3. The Morgan fingerprint density at radius 2 is 2.04 bits per heavy atom. The topological polar surface area (TPSA) is 88.3 Å². The Bertz CT molecular complexity index is 773. The van der Waals surface area contributed by atoms with Crippen LogP contribution in [-0.4, -0.2) is 49.7 Å². The third kappa shape index (κ3) is 3.91. The lowest BCUT2D eigenvalue weighted by Crippen LogP contribution is -2.37. The zero-order chi connectivity index (χ0) is 17.9. The van der Waals surface area contributed by atoms with E-state index in [1.807, 2.05) is 26.8 Å². The lowest BCUT2D eigenvalue weighted by atomic mass is 10.2. The smallest absolute Gasteiger partial charge is 0.323 e. The Morgan fingerprint density at radius 1 is 1.33 bits per heavy atom. The summed E-state index contributed by atoms with van der Waals surface area (Å²) in [5.41, 5.74) is 1.73. The average Bonchev–Trinajstić information content (AvgIpc) is 2.85. The highest BCUT2D eigenvalue weighted by molar-refractivity contribution is 6.33. The molecule has 0 aliphatic carbocycles. The molecule has 0 aromatic carbocycles. The molecular weight excluding hydrogens is 332 g/mol. The van der Waals surface area contributed by atoms with Crippen LogP contribution < -0.4 is 0 Å². The van der Waals surface area contributed by atoms with E-state index in [1.54, 1.807) is 16.8 Å².